The maximum atomic E-state index is 10.6. The summed E-state index contributed by atoms with van der Waals surface area (Å²) in [5.41, 5.74) is -0.0196. The van der Waals surface area contributed by atoms with E-state index in [4.69, 9.17) is 16.3 Å². The van der Waals surface area contributed by atoms with Gasteiger partial charge in [0.25, 0.3) is 5.69 Å². The zero-order chi connectivity index (χ0) is 13.7. The zero-order valence-electron chi connectivity index (χ0n) is 10.6. The molecular weight excluding hydrogens is 268 g/mol. The Morgan fingerprint density at radius 3 is 3.00 bits per heavy atom. The molecule has 0 spiro atoms. The predicted molar refractivity (Wildman–Crippen MR) is 73.8 cm³/mol. The van der Waals surface area contributed by atoms with Gasteiger partial charge in [0, 0.05) is 12.1 Å². The average Bonchev–Trinajstić information content (AvgIpc) is 2.41. The number of ether oxygens (including phenoxy) is 1. The molecule has 1 aromatic rings. The molecule has 0 bridgehead atoms. The predicted octanol–water partition coefficient (Wildman–Crippen LogP) is 3.02. The van der Waals surface area contributed by atoms with Crippen molar-refractivity contribution < 1.29 is 9.66 Å². The van der Waals surface area contributed by atoms with Crippen LogP contribution >= 0.6 is 11.6 Å². The van der Waals surface area contributed by atoms with Gasteiger partial charge in [-0.25, -0.2) is 0 Å². The number of rotatable bonds is 5. The van der Waals surface area contributed by atoms with Crippen LogP contribution in [0.3, 0.4) is 0 Å². The van der Waals surface area contributed by atoms with E-state index in [9.17, 15) is 10.1 Å². The lowest BCUT2D eigenvalue weighted by Crippen LogP contribution is -2.30. The van der Waals surface area contributed by atoms with Crippen LogP contribution < -0.4 is 10.1 Å². The highest BCUT2D eigenvalue weighted by molar-refractivity contribution is 6.32. The number of benzene rings is 1. The number of nitrogens with one attached hydrogen (secondary N) is 1. The van der Waals surface area contributed by atoms with Crippen molar-refractivity contribution in [1.82, 2.24) is 5.32 Å². The molecule has 1 atom stereocenters. The molecule has 1 unspecified atom stereocenters. The first-order valence-electron chi connectivity index (χ1n) is 6.44. The Labute approximate surface area is 117 Å². The summed E-state index contributed by atoms with van der Waals surface area (Å²) >= 11 is 5.95. The molecule has 1 N–H and O–H groups in total. The second-order valence-electron chi connectivity index (χ2n) is 4.72. The first-order valence-corrected chi connectivity index (χ1v) is 6.82. The minimum absolute atomic E-state index is 0.0196. The molecule has 0 radical (unpaired) electrons. The van der Waals surface area contributed by atoms with Crippen molar-refractivity contribution in [2.24, 2.45) is 5.92 Å². The van der Waals surface area contributed by atoms with Gasteiger partial charge in [0.05, 0.1) is 16.6 Å². The van der Waals surface area contributed by atoms with Gasteiger partial charge in [0.15, 0.2) is 0 Å². The van der Waals surface area contributed by atoms with Gasteiger partial charge in [-0.3, -0.25) is 10.1 Å². The Balaban J connectivity index is 1.83. The summed E-state index contributed by atoms with van der Waals surface area (Å²) in [6.07, 6.45) is 3.41. The van der Waals surface area contributed by atoms with Crippen LogP contribution in [0.5, 0.6) is 5.75 Å². The summed E-state index contributed by atoms with van der Waals surface area (Å²) in [6, 6.07) is 4.28. The van der Waals surface area contributed by atoms with Crippen molar-refractivity contribution in [3.05, 3.63) is 33.3 Å². The van der Waals surface area contributed by atoms with E-state index in [2.05, 4.69) is 5.32 Å². The van der Waals surface area contributed by atoms with Gasteiger partial charge in [-0.2, -0.15) is 0 Å². The van der Waals surface area contributed by atoms with Gasteiger partial charge >= 0.3 is 0 Å². The fourth-order valence-electron chi connectivity index (χ4n) is 2.23. The smallest absolute Gasteiger partial charge is 0.271 e. The molecule has 2 rings (SSSR count). The summed E-state index contributed by atoms with van der Waals surface area (Å²) < 4.78 is 5.59. The summed E-state index contributed by atoms with van der Waals surface area (Å²) in [6.45, 7) is 2.73. The quantitative estimate of drug-likeness (QED) is 0.667. The molecule has 5 nitrogen and oxygen atoms in total. The van der Waals surface area contributed by atoms with Crippen LogP contribution in [-0.2, 0) is 0 Å². The first-order chi connectivity index (χ1) is 9.16. The van der Waals surface area contributed by atoms with Gasteiger partial charge in [-0.05, 0) is 44.3 Å². The molecular formula is C13H17ClN2O3. The largest absolute Gasteiger partial charge is 0.492 e. The Morgan fingerprint density at radius 2 is 2.37 bits per heavy atom. The first kappa shape index (κ1) is 14.1. The minimum atomic E-state index is -0.469. The maximum Gasteiger partial charge on any atom is 0.271 e. The van der Waals surface area contributed by atoms with E-state index in [-0.39, 0.29) is 10.7 Å². The number of halogens is 1. The molecule has 1 heterocycles. The second kappa shape index (κ2) is 6.73. The number of hydrogen-bond donors (Lipinski definition) is 1. The van der Waals surface area contributed by atoms with Crippen molar-refractivity contribution in [1.29, 1.82) is 0 Å². The molecule has 1 aliphatic heterocycles. The standard InChI is InChI=1S/C13H17ClN2O3/c14-12-8-11(16(17)18)3-4-13(12)19-7-5-10-2-1-6-15-9-10/h3-4,8,10,15H,1-2,5-7,9H2. The highest BCUT2D eigenvalue weighted by Gasteiger charge is 2.14. The molecule has 0 aromatic heterocycles. The highest BCUT2D eigenvalue weighted by atomic mass is 35.5. The molecule has 1 saturated heterocycles. The lowest BCUT2D eigenvalue weighted by Gasteiger charge is -2.22. The monoisotopic (exact) mass is 284 g/mol. The summed E-state index contributed by atoms with van der Waals surface area (Å²) in [5, 5.41) is 14.2. The van der Waals surface area contributed by atoms with E-state index < -0.39 is 4.92 Å². The van der Waals surface area contributed by atoms with Gasteiger partial charge in [-0.1, -0.05) is 11.6 Å². The molecule has 0 amide bonds. The van der Waals surface area contributed by atoms with Crippen molar-refractivity contribution in [3.63, 3.8) is 0 Å². The van der Waals surface area contributed by atoms with Crippen LogP contribution in [-0.4, -0.2) is 24.6 Å². The van der Waals surface area contributed by atoms with E-state index in [1.54, 1.807) is 6.07 Å². The minimum Gasteiger partial charge on any atom is -0.492 e. The van der Waals surface area contributed by atoms with Crippen LogP contribution in [0.2, 0.25) is 5.02 Å². The van der Waals surface area contributed by atoms with Crippen LogP contribution in [0.25, 0.3) is 0 Å². The van der Waals surface area contributed by atoms with Crippen LogP contribution in [0.1, 0.15) is 19.3 Å². The molecule has 1 aliphatic rings. The lowest BCUT2D eigenvalue weighted by molar-refractivity contribution is -0.384. The average molecular weight is 285 g/mol. The van der Waals surface area contributed by atoms with Crippen LogP contribution in [0.15, 0.2) is 18.2 Å². The van der Waals surface area contributed by atoms with Gasteiger partial charge in [-0.15, -0.1) is 0 Å². The highest BCUT2D eigenvalue weighted by Crippen LogP contribution is 2.29. The zero-order valence-corrected chi connectivity index (χ0v) is 11.4. The topological polar surface area (TPSA) is 64.4 Å². The third-order valence-corrected chi connectivity index (χ3v) is 3.60. The van der Waals surface area contributed by atoms with E-state index in [1.165, 1.54) is 25.0 Å². The number of nitrogens with zero attached hydrogens (tertiary/aromatic N) is 1. The molecule has 104 valence electrons. The Bertz CT molecular complexity index is 448. The fourth-order valence-corrected chi connectivity index (χ4v) is 2.46. The van der Waals surface area contributed by atoms with Gasteiger partial charge in [0.1, 0.15) is 5.75 Å². The third kappa shape index (κ3) is 4.08. The molecule has 1 aromatic carbocycles. The third-order valence-electron chi connectivity index (χ3n) is 3.31. The van der Waals surface area contributed by atoms with Crippen molar-refractivity contribution in [2.45, 2.75) is 19.3 Å². The van der Waals surface area contributed by atoms with E-state index in [1.807, 2.05) is 0 Å². The molecule has 1 fully saturated rings. The second-order valence-corrected chi connectivity index (χ2v) is 5.13. The maximum absolute atomic E-state index is 10.6. The SMILES string of the molecule is O=[N+]([O-])c1ccc(OCCC2CCCNC2)c(Cl)c1. The van der Waals surface area contributed by atoms with Crippen molar-refractivity contribution in [3.8, 4) is 5.75 Å². The fraction of sp³-hybridized carbons (Fsp3) is 0.538. The van der Waals surface area contributed by atoms with E-state index in [0.29, 0.717) is 18.3 Å². The summed E-state index contributed by atoms with van der Waals surface area (Å²) in [7, 11) is 0. The molecule has 0 aliphatic carbocycles. The van der Waals surface area contributed by atoms with Crippen molar-refractivity contribution in [2.75, 3.05) is 19.7 Å². The van der Waals surface area contributed by atoms with Gasteiger partial charge in [0.2, 0.25) is 0 Å². The lowest BCUT2D eigenvalue weighted by atomic mass is 9.97. The van der Waals surface area contributed by atoms with Gasteiger partial charge < -0.3 is 10.1 Å². The molecule has 6 heteroatoms. The number of nitro groups is 1. The van der Waals surface area contributed by atoms with Crippen molar-refractivity contribution >= 4 is 17.3 Å². The van der Waals surface area contributed by atoms with Crippen LogP contribution in [0, 0.1) is 16.0 Å². The van der Waals surface area contributed by atoms with E-state index >= 15 is 0 Å². The summed E-state index contributed by atoms with van der Waals surface area (Å²) in [5.74, 6) is 1.15. The van der Waals surface area contributed by atoms with Crippen LogP contribution in [0.4, 0.5) is 5.69 Å². The van der Waals surface area contributed by atoms with E-state index in [0.717, 1.165) is 19.5 Å². The number of non-ortho nitro benzene ring substituents is 1. The number of piperidine rings is 1. The molecule has 19 heavy (non-hydrogen) atoms. The Kier molecular flexibility index (Phi) is 4.99. The summed E-state index contributed by atoms with van der Waals surface area (Å²) in [4.78, 5) is 10.1. The Morgan fingerprint density at radius 1 is 1.53 bits per heavy atom. The number of hydrogen-bond acceptors (Lipinski definition) is 4. The normalized spacial score (nSPS) is 19.1. The Hall–Kier alpha value is -1.33. The molecule has 0 saturated carbocycles. The number of nitro benzene ring substituents is 1.